The summed E-state index contributed by atoms with van der Waals surface area (Å²) in [4.78, 5) is 22.5. The number of carbonyl (C=O) groups excluding carboxylic acids is 1. The number of unbranched alkanes of at least 4 members (excludes halogenated alkanes) is 36. The predicted octanol–water partition coefficient (Wildman–Crippen LogP) is 16.2. The van der Waals surface area contributed by atoms with Crippen LogP contribution >= 0.6 is 0 Å². The van der Waals surface area contributed by atoms with Crippen LogP contribution in [0.15, 0.2) is 12.2 Å². The Kier molecular flexibility index (Phi) is 43.7. The van der Waals surface area contributed by atoms with Crippen LogP contribution < -0.4 is 0 Å². The summed E-state index contributed by atoms with van der Waals surface area (Å²) in [6.45, 7) is 2.90. The maximum atomic E-state index is 12.0. The van der Waals surface area contributed by atoms with E-state index in [1.54, 1.807) is 0 Å². The van der Waals surface area contributed by atoms with Crippen LogP contribution in [0, 0.1) is 0 Å². The van der Waals surface area contributed by atoms with Gasteiger partial charge in [-0.25, -0.2) is 0 Å². The predicted molar refractivity (Wildman–Crippen MR) is 223 cm³/mol. The molecule has 0 heterocycles. The minimum absolute atomic E-state index is 0.0147. The highest BCUT2D eigenvalue weighted by Gasteiger charge is 2.03. The van der Waals surface area contributed by atoms with Crippen LogP contribution in [-0.4, -0.2) is 23.7 Å². The van der Waals surface area contributed by atoms with Gasteiger partial charge in [0.05, 0.1) is 6.61 Å². The van der Waals surface area contributed by atoms with Gasteiger partial charge < -0.3 is 9.84 Å². The van der Waals surface area contributed by atoms with E-state index in [4.69, 9.17) is 9.84 Å². The standard InChI is InChI=1S/C47H90O4/c1-2-3-4-5-6-7-8-9-10-19-23-26-29-32-35-38-41-44-47(50)51-45-42-39-36-33-30-27-24-21-18-16-14-12-11-13-15-17-20-22-25-28-31-34-37-40-43-46(48)49/h9-10H,2-8,11-45H2,1H3,(H,48,49). The molecule has 0 bridgehead atoms. The van der Waals surface area contributed by atoms with E-state index < -0.39 is 5.97 Å². The summed E-state index contributed by atoms with van der Waals surface area (Å²) in [5, 5.41) is 8.65. The van der Waals surface area contributed by atoms with Gasteiger partial charge in [0.25, 0.3) is 0 Å². The normalized spacial score (nSPS) is 11.5. The van der Waals surface area contributed by atoms with Crippen molar-refractivity contribution in [3.05, 3.63) is 12.2 Å². The van der Waals surface area contributed by atoms with Crippen molar-refractivity contribution in [3.8, 4) is 0 Å². The lowest BCUT2D eigenvalue weighted by atomic mass is 10.0. The van der Waals surface area contributed by atoms with Gasteiger partial charge >= 0.3 is 11.9 Å². The Morgan fingerprint density at radius 2 is 0.647 bits per heavy atom. The molecule has 0 unspecified atom stereocenters. The Balaban J connectivity index is 3.17. The third-order valence-electron chi connectivity index (χ3n) is 10.7. The average Bonchev–Trinajstić information content (AvgIpc) is 3.12. The van der Waals surface area contributed by atoms with Crippen molar-refractivity contribution in [1.29, 1.82) is 0 Å². The molecule has 0 aliphatic carbocycles. The summed E-state index contributed by atoms with van der Waals surface area (Å²) in [6, 6.07) is 0. The second-order valence-corrected chi connectivity index (χ2v) is 15.9. The molecule has 0 spiro atoms. The van der Waals surface area contributed by atoms with Crippen molar-refractivity contribution in [2.24, 2.45) is 0 Å². The molecule has 0 aromatic heterocycles. The molecule has 0 aliphatic heterocycles. The third-order valence-corrected chi connectivity index (χ3v) is 10.7. The quantitative estimate of drug-likeness (QED) is 0.0387. The van der Waals surface area contributed by atoms with E-state index in [9.17, 15) is 9.59 Å². The van der Waals surface area contributed by atoms with E-state index in [0.717, 1.165) is 32.1 Å². The van der Waals surface area contributed by atoms with Crippen molar-refractivity contribution in [1.82, 2.24) is 0 Å². The third kappa shape index (κ3) is 46.7. The zero-order valence-corrected chi connectivity index (χ0v) is 34.5. The molecule has 0 saturated heterocycles. The first-order valence-corrected chi connectivity index (χ1v) is 23.2. The number of ether oxygens (including phenoxy) is 1. The van der Waals surface area contributed by atoms with E-state index >= 15 is 0 Å². The average molecular weight is 719 g/mol. The van der Waals surface area contributed by atoms with Gasteiger partial charge in [0.2, 0.25) is 0 Å². The molecule has 302 valence electrons. The van der Waals surface area contributed by atoms with Crippen LogP contribution in [-0.2, 0) is 14.3 Å². The molecule has 0 amide bonds. The van der Waals surface area contributed by atoms with E-state index in [-0.39, 0.29) is 5.97 Å². The number of aliphatic carboxylic acids is 1. The van der Waals surface area contributed by atoms with Crippen LogP contribution in [0.2, 0.25) is 0 Å². The fraction of sp³-hybridized carbons (Fsp3) is 0.915. The topological polar surface area (TPSA) is 63.6 Å². The first-order valence-electron chi connectivity index (χ1n) is 23.2. The van der Waals surface area contributed by atoms with Gasteiger partial charge in [-0.3, -0.25) is 9.59 Å². The van der Waals surface area contributed by atoms with Crippen LogP contribution in [0.4, 0.5) is 0 Å². The second-order valence-electron chi connectivity index (χ2n) is 15.9. The summed E-state index contributed by atoms with van der Waals surface area (Å²) in [6.07, 6.45) is 56.9. The Bertz CT molecular complexity index is 717. The van der Waals surface area contributed by atoms with Crippen LogP contribution in [0.1, 0.15) is 270 Å². The lowest BCUT2D eigenvalue weighted by molar-refractivity contribution is -0.144. The lowest BCUT2D eigenvalue weighted by Gasteiger charge is -2.06. The maximum absolute atomic E-state index is 12.0. The van der Waals surface area contributed by atoms with Gasteiger partial charge in [-0.15, -0.1) is 0 Å². The minimum Gasteiger partial charge on any atom is -0.481 e. The summed E-state index contributed by atoms with van der Waals surface area (Å²) >= 11 is 0. The number of esters is 1. The van der Waals surface area contributed by atoms with Gasteiger partial charge in [0, 0.05) is 12.8 Å². The fourth-order valence-corrected chi connectivity index (χ4v) is 7.22. The molecule has 0 aromatic carbocycles. The molecule has 51 heavy (non-hydrogen) atoms. The molecule has 0 radical (unpaired) electrons. The lowest BCUT2D eigenvalue weighted by Crippen LogP contribution is -2.05. The van der Waals surface area contributed by atoms with Crippen LogP contribution in [0.3, 0.4) is 0 Å². The van der Waals surface area contributed by atoms with Gasteiger partial charge in [-0.1, -0.05) is 225 Å². The van der Waals surface area contributed by atoms with Crippen molar-refractivity contribution in [2.45, 2.75) is 270 Å². The molecule has 0 saturated carbocycles. The highest BCUT2D eigenvalue weighted by Crippen LogP contribution is 2.16. The Labute approximate surface area is 319 Å². The van der Waals surface area contributed by atoms with E-state index in [0.29, 0.717) is 19.4 Å². The number of rotatable bonds is 44. The van der Waals surface area contributed by atoms with E-state index in [1.165, 1.54) is 218 Å². The fourth-order valence-electron chi connectivity index (χ4n) is 7.22. The Hall–Kier alpha value is -1.32. The molecule has 1 N–H and O–H groups in total. The highest BCUT2D eigenvalue weighted by molar-refractivity contribution is 5.69. The summed E-state index contributed by atoms with van der Waals surface area (Å²) < 4.78 is 5.47. The van der Waals surface area contributed by atoms with Crippen molar-refractivity contribution in [2.75, 3.05) is 6.61 Å². The van der Waals surface area contributed by atoms with Crippen molar-refractivity contribution in [3.63, 3.8) is 0 Å². The smallest absolute Gasteiger partial charge is 0.305 e. The Morgan fingerprint density at radius 3 is 0.980 bits per heavy atom. The Morgan fingerprint density at radius 1 is 0.373 bits per heavy atom. The van der Waals surface area contributed by atoms with E-state index in [1.807, 2.05) is 0 Å². The molecular formula is C47H90O4. The SMILES string of the molecule is CCCCCCCCC=CCCCCCCCCCC(=O)OCCCCCCCCCCCCCCCCCCCCCCCCCCC(=O)O. The van der Waals surface area contributed by atoms with E-state index in [2.05, 4.69) is 19.1 Å². The number of allylic oxidation sites excluding steroid dienone is 2. The zero-order valence-electron chi connectivity index (χ0n) is 34.5. The number of carboxylic acids is 1. The first kappa shape index (κ1) is 49.7. The number of hydrogen-bond acceptors (Lipinski definition) is 3. The first-order chi connectivity index (χ1) is 25.2. The second kappa shape index (κ2) is 44.8. The summed E-state index contributed by atoms with van der Waals surface area (Å²) in [5.74, 6) is -0.641. The number of carboxylic acid groups (broad SMARTS) is 1. The molecule has 4 heteroatoms. The maximum Gasteiger partial charge on any atom is 0.305 e. The zero-order chi connectivity index (χ0) is 37.0. The van der Waals surface area contributed by atoms with Gasteiger partial charge in [0.1, 0.15) is 0 Å². The molecular weight excluding hydrogens is 629 g/mol. The summed E-state index contributed by atoms with van der Waals surface area (Å²) in [7, 11) is 0. The molecule has 0 rings (SSSR count). The largest absolute Gasteiger partial charge is 0.481 e. The molecule has 4 nitrogen and oxygen atoms in total. The van der Waals surface area contributed by atoms with Crippen LogP contribution in [0.25, 0.3) is 0 Å². The number of hydrogen-bond donors (Lipinski definition) is 1. The van der Waals surface area contributed by atoms with Crippen molar-refractivity contribution < 1.29 is 19.4 Å². The monoisotopic (exact) mass is 719 g/mol. The molecule has 0 fully saturated rings. The molecule has 0 atom stereocenters. The minimum atomic E-state index is -0.655. The van der Waals surface area contributed by atoms with Crippen molar-refractivity contribution >= 4 is 11.9 Å². The summed E-state index contributed by atoms with van der Waals surface area (Å²) in [5.41, 5.74) is 0. The van der Waals surface area contributed by atoms with Gasteiger partial charge in [-0.2, -0.15) is 0 Å². The van der Waals surface area contributed by atoms with Gasteiger partial charge in [0.15, 0.2) is 0 Å². The number of carbonyl (C=O) groups is 2. The van der Waals surface area contributed by atoms with Crippen LogP contribution in [0.5, 0.6) is 0 Å². The highest BCUT2D eigenvalue weighted by atomic mass is 16.5. The molecule has 0 aliphatic rings. The molecule has 0 aromatic rings. The van der Waals surface area contributed by atoms with Gasteiger partial charge in [-0.05, 0) is 44.9 Å².